The quantitative estimate of drug-likeness (QED) is 0.668. The van der Waals surface area contributed by atoms with Crippen LogP contribution in [0.3, 0.4) is 0 Å². The predicted molar refractivity (Wildman–Crippen MR) is 89.0 cm³/mol. The number of carboxylic acids is 1. The van der Waals surface area contributed by atoms with Crippen LogP contribution in [0.15, 0.2) is 45.8 Å². The Kier molecular flexibility index (Phi) is 5.56. The molecule has 0 heterocycles. The van der Waals surface area contributed by atoms with Gasteiger partial charge in [0.25, 0.3) is 0 Å². The summed E-state index contributed by atoms with van der Waals surface area (Å²) in [5, 5.41) is 9.84. The van der Waals surface area contributed by atoms with Gasteiger partial charge in [-0.05, 0) is 36.1 Å². The van der Waals surface area contributed by atoms with E-state index in [1.807, 2.05) is 6.92 Å². The van der Waals surface area contributed by atoms with E-state index in [1.54, 1.807) is 36.4 Å². The van der Waals surface area contributed by atoms with E-state index in [1.165, 1.54) is 11.8 Å². The molecule has 0 aromatic heterocycles. The van der Waals surface area contributed by atoms with Crippen molar-refractivity contribution in [2.45, 2.75) is 11.8 Å². The fourth-order valence-corrected chi connectivity index (χ4v) is 3.29. The third kappa shape index (κ3) is 3.93. The Morgan fingerprint density at radius 3 is 2.71 bits per heavy atom. The van der Waals surface area contributed by atoms with Crippen LogP contribution < -0.4 is 4.74 Å². The maximum absolute atomic E-state index is 11.5. The number of thioether (sulfide) groups is 1. The van der Waals surface area contributed by atoms with E-state index in [0.29, 0.717) is 15.7 Å². The van der Waals surface area contributed by atoms with Gasteiger partial charge in [-0.3, -0.25) is 0 Å². The summed E-state index contributed by atoms with van der Waals surface area (Å²) in [7, 11) is 0. The Hall–Kier alpha value is -1.17. The SMILES string of the molecule is CCSc1cccc(Oc2ccc(Br)cc2Cl)c1C(=O)O. The van der Waals surface area contributed by atoms with Crippen molar-refractivity contribution in [3.05, 3.63) is 51.5 Å². The van der Waals surface area contributed by atoms with Gasteiger partial charge in [-0.25, -0.2) is 4.79 Å². The summed E-state index contributed by atoms with van der Waals surface area (Å²) in [6, 6.07) is 10.3. The minimum absolute atomic E-state index is 0.156. The number of rotatable bonds is 5. The molecule has 2 rings (SSSR count). The standard InChI is InChI=1S/C15H12BrClO3S/c1-2-21-13-5-3-4-12(14(13)15(18)19)20-11-7-6-9(16)8-10(11)17/h3-8H,2H2,1H3,(H,18,19). The molecule has 0 aliphatic heterocycles. The van der Waals surface area contributed by atoms with Crippen molar-refractivity contribution in [1.82, 2.24) is 0 Å². The first-order valence-electron chi connectivity index (χ1n) is 6.15. The Bertz CT molecular complexity index is 676. The van der Waals surface area contributed by atoms with Crippen molar-refractivity contribution in [3.8, 4) is 11.5 Å². The lowest BCUT2D eigenvalue weighted by Crippen LogP contribution is -2.02. The number of hydrogen-bond acceptors (Lipinski definition) is 3. The first kappa shape index (κ1) is 16.2. The normalized spacial score (nSPS) is 10.4. The van der Waals surface area contributed by atoms with Crippen LogP contribution >= 0.6 is 39.3 Å². The predicted octanol–water partition coefficient (Wildman–Crippen LogP) is 5.71. The molecule has 0 bridgehead atoms. The minimum atomic E-state index is -1.02. The second-order valence-electron chi connectivity index (χ2n) is 4.04. The van der Waals surface area contributed by atoms with E-state index in [2.05, 4.69) is 15.9 Å². The van der Waals surface area contributed by atoms with Gasteiger partial charge in [-0.1, -0.05) is 40.5 Å². The highest BCUT2D eigenvalue weighted by Crippen LogP contribution is 2.36. The smallest absolute Gasteiger partial charge is 0.340 e. The lowest BCUT2D eigenvalue weighted by molar-refractivity contribution is 0.0690. The number of ether oxygens (including phenoxy) is 1. The monoisotopic (exact) mass is 386 g/mol. The highest BCUT2D eigenvalue weighted by atomic mass is 79.9. The number of hydrogen-bond donors (Lipinski definition) is 1. The van der Waals surface area contributed by atoms with E-state index in [-0.39, 0.29) is 11.3 Å². The van der Waals surface area contributed by atoms with E-state index in [0.717, 1.165) is 10.2 Å². The van der Waals surface area contributed by atoms with Crippen molar-refractivity contribution in [2.24, 2.45) is 0 Å². The Morgan fingerprint density at radius 2 is 2.10 bits per heavy atom. The first-order chi connectivity index (χ1) is 10.0. The molecule has 0 fully saturated rings. The van der Waals surface area contributed by atoms with Gasteiger partial charge in [0, 0.05) is 9.37 Å². The summed E-state index contributed by atoms with van der Waals surface area (Å²) in [5.74, 6) is 0.462. The molecule has 21 heavy (non-hydrogen) atoms. The average Bonchev–Trinajstić information content (AvgIpc) is 2.42. The number of halogens is 2. The van der Waals surface area contributed by atoms with Crippen LogP contribution in [-0.4, -0.2) is 16.8 Å². The van der Waals surface area contributed by atoms with Crippen molar-refractivity contribution in [1.29, 1.82) is 0 Å². The zero-order chi connectivity index (χ0) is 15.4. The van der Waals surface area contributed by atoms with Gasteiger partial charge in [0.15, 0.2) is 0 Å². The lowest BCUT2D eigenvalue weighted by Gasteiger charge is -2.13. The van der Waals surface area contributed by atoms with Crippen molar-refractivity contribution in [3.63, 3.8) is 0 Å². The fourth-order valence-electron chi connectivity index (χ4n) is 1.76. The summed E-state index contributed by atoms with van der Waals surface area (Å²) >= 11 is 10.9. The van der Waals surface area contributed by atoms with Crippen LogP contribution in [0, 0.1) is 0 Å². The van der Waals surface area contributed by atoms with Crippen LogP contribution in [-0.2, 0) is 0 Å². The molecule has 110 valence electrons. The third-order valence-electron chi connectivity index (χ3n) is 2.62. The molecule has 0 spiro atoms. The van der Waals surface area contributed by atoms with Crippen LogP contribution in [0.1, 0.15) is 17.3 Å². The molecule has 0 saturated heterocycles. The molecule has 3 nitrogen and oxygen atoms in total. The maximum Gasteiger partial charge on any atom is 0.340 e. The average molecular weight is 388 g/mol. The fraction of sp³-hybridized carbons (Fsp3) is 0.133. The molecule has 2 aromatic rings. The lowest BCUT2D eigenvalue weighted by atomic mass is 10.2. The third-order valence-corrected chi connectivity index (χ3v) is 4.34. The van der Waals surface area contributed by atoms with Crippen LogP contribution in [0.5, 0.6) is 11.5 Å². The van der Waals surface area contributed by atoms with E-state index < -0.39 is 5.97 Å². The van der Waals surface area contributed by atoms with Gasteiger partial charge >= 0.3 is 5.97 Å². The highest BCUT2D eigenvalue weighted by Gasteiger charge is 2.18. The van der Waals surface area contributed by atoms with Crippen LogP contribution in [0.2, 0.25) is 5.02 Å². The van der Waals surface area contributed by atoms with Crippen molar-refractivity contribution in [2.75, 3.05) is 5.75 Å². The van der Waals surface area contributed by atoms with Gasteiger partial charge in [0.1, 0.15) is 17.1 Å². The van der Waals surface area contributed by atoms with Crippen molar-refractivity contribution < 1.29 is 14.6 Å². The van der Waals surface area contributed by atoms with Gasteiger partial charge in [0.05, 0.1) is 5.02 Å². The van der Waals surface area contributed by atoms with Crippen LogP contribution in [0.4, 0.5) is 0 Å². The second kappa shape index (κ2) is 7.20. The zero-order valence-electron chi connectivity index (χ0n) is 11.1. The molecule has 0 radical (unpaired) electrons. The van der Waals surface area contributed by atoms with Gasteiger partial charge in [-0.2, -0.15) is 0 Å². The minimum Gasteiger partial charge on any atom is -0.478 e. The van der Waals surface area contributed by atoms with E-state index >= 15 is 0 Å². The Balaban J connectivity index is 2.43. The molecule has 6 heteroatoms. The molecule has 0 aliphatic rings. The van der Waals surface area contributed by atoms with Gasteiger partial charge < -0.3 is 9.84 Å². The van der Waals surface area contributed by atoms with Crippen LogP contribution in [0.25, 0.3) is 0 Å². The molecule has 0 unspecified atom stereocenters. The number of aromatic carboxylic acids is 1. The summed E-state index contributed by atoms with van der Waals surface area (Å²) in [5.41, 5.74) is 0.156. The molecule has 0 saturated carbocycles. The van der Waals surface area contributed by atoms with Gasteiger partial charge in [-0.15, -0.1) is 11.8 Å². The molecule has 1 N–H and O–H groups in total. The van der Waals surface area contributed by atoms with Crippen molar-refractivity contribution >= 4 is 45.3 Å². The molecule has 2 aromatic carbocycles. The maximum atomic E-state index is 11.5. The highest BCUT2D eigenvalue weighted by molar-refractivity contribution is 9.10. The summed E-state index contributed by atoms with van der Waals surface area (Å²) < 4.78 is 6.52. The molecule has 0 atom stereocenters. The number of carbonyl (C=O) groups is 1. The Morgan fingerprint density at radius 1 is 1.33 bits per heavy atom. The van der Waals surface area contributed by atoms with E-state index in [9.17, 15) is 9.90 Å². The largest absolute Gasteiger partial charge is 0.478 e. The van der Waals surface area contributed by atoms with Gasteiger partial charge in [0.2, 0.25) is 0 Å². The molecular weight excluding hydrogens is 376 g/mol. The molecule has 0 amide bonds. The molecule has 0 aliphatic carbocycles. The second-order valence-corrected chi connectivity index (χ2v) is 6.67. The first-order valence-corrected chi connectivity index (χ1v) is 8.30. The van der Waals surface area contributed by atoms with E-state index in [4.69, 9.17) is 16.3 Å². The Labute approximate surface area is 140 Å². The zero-order valence-corrected chi connectivity index (χ0v) is 14.3. The summed E-state index contributed by atoms with van der Waals surface area (Å²) in [6.45, 7) is 1.97. The topological polar surface area (TPSA) is 46.5 Å². The number of benzene rings is 2. The molecular formula is C15H12BrClO3S. The number of carboxylic acid groups (broad SMARTS) is 1. The summed E-state index contributed by atoms with van der Waals surface area (Å²) in [4.78, 5) is 12.2. The summed E-state index contributed by atoms with van der Waals surface area (Å²) in [6.07, 6.45) is 0.